The van der Waals surface area contributed by atoms with E-state index in [1.165, 1.54) is 0 Å². The maximum absolute atomic E-state index is 12.9. The molecule has 2 heterocycles. The first kappa shape index (κ1) is 26.8. The van der Waals surface area contributed by atoms with Crippen molar-refractivity contribution in [1.82, 2.24) is 24.6 Å². The van der Waals surface area contributed by atoms with Gasteiger partial charge in [0, 0.05) is 16.6 Å². The Morgan fingerprint density at radius 3 is 2.32 bits per heavy atom. The van der Waals surface area contributed by atoms with E-state index in [-0.39, 0.29) is 12.6 Å². The number of aromatic nitrogens is 4. The van der Waals surface area contributed by atoms with Gasteiger partial charge in [0.25, 0.3) is 5.91 Å². The van der Waals surface area contributed by atoms with Gasteiger partial charge in [-0.3, -0.25) is 9.59 Å². The summed E-state index contributed by atoms with van der Waals surface area (Å²) in [7, 11) is 0. The van der Waals surface area contributed by atoms with Crippen molar-refractivity contribution in [2.24, 2.45) is 0 Å². The lowest BCUT2D eigenvalue weighted by Crippen LogP contribution is -2.27. The van der Waals surface area contributed by atoms with Crippen LogP contribution in [-0.4, -0.2) is 31.5 Å². The summed E-state index contributed by atoms with van der Waals surface area (Å²) in [4.78, 5) is 28.9. The average molecular weight is 528 g/mol. The summed E-state index contributed by atoms with van der Waals surface area (Å²) in [5, 5.41) is 8.44. The number of hydrogen-bond donors (Lipinski definition) is 1. The van der Waals surface area contributed by atoms with Crippen LogP contribution in [0.1, 0.15) is 51.1 Å². The molecule has 2 aromatic heterocycles. The molecule has 0 fully saturated rings. The van der Waals surface area contributed by atoms with Gasteiger partial charge >= 0.3 is 0 Å². The van der Waals surface area contributed by atoms with Gasteiger partial charge in [-0.2, -0.15) is 5.10 Å². The minimum atomic E-state index is -0.291. The first-order valence-corrected chi connectivity index (χ1v) is 12.8. The monoisotopic (exact) mass is 527 g/mol. The summed E-state index contributed by atoms with van der Waals surface area (Å²) >= 11 is 6.41. The Balaban J connectivity index is 0.000000494. The largest absolute Gasteiger partial charge is 0.334 e. The highest BCUT2D eigenvalue weighted by Gasteiger charge is 2.18. The van der Waals surface area contributed by atoms with Crippen LogP contribution in [0.25, 0.3) is 16.6 Å². The van der Waals surface area contributed by atoms with E-state index in [9.17, 15) is 9.59 Å². The number of hydrogen-bond acceptors (Lipinski definition) is 4. The van der Waals surface area contributed by atoms with Crippen molar-refractivity contribution in [3.63, 3.8) is 0 Å². The quantitative estimate of drug-likeness (QED) is 0.251. The van der Waals surface area contributed by atoms with Gasteiger partial charge in [-0.1, -0.05) is 73.0 Å². The van der Waals surface area contributed by atoms with E-state index in [0.717, 1.165) is 47.0 Å². The molecule has 0 aliphatic rings. The van der Waals surface area contributed by atoms with Crippen LogP contribution >= 0.6 is 11.6 Å². The molecule has 0 aliphatic carbocycles. The first-order valence-electron chi connectivity index (χ1n) is 12.5. The fraction of sp³-hybridized carbons (Fsp3) is 0.200. The van der Waals surface area contributed by atoms with Crippen LogP contribution in [0, 0.1) is 13.8 Å². The molecule has 0 atom stereocenters. The molecule has 5 aromatic rings. The minimum absolute atomic E-state index is 0.238. The third kappa shape index (κ3) is 6.01. The van der Waals surface area contributed by atoms with Gasteiger partial charge in [-0.15, -0.1) is 0 Å². The summed E-state index contributed by atoms with van der Waals surface area (Å²) in [6.07, 6.45) is 4.13. The van der Waals surface area contributed by atoms with Crippen molar-refractivity contribution < 1.29 is 9.59 Å². The Bertz CT molecular complexity index is 1530. The molecule has 0 saturated carbocycles. The molecule has 194 valence electrons. The topological polar surface area (TPSA) is 81.8 Å². The number of halogens is 1. The number of amides is 1. The molecule has 0 bridgehead atoms. The van der Waals surface area contributed by atoms with Gasteiger partial charge in [0.15, 0.2) is 6.29 Å². The lowest BCUT2D eigenvalue weighted by atomic mass is 10.1. The summed E-state index contributed by atoms with van der Waals surface area (Å²) in [5.74, 6) is 0.357. The molecule has 38 heavy (non-hydrogen) atoms. The highest BCUT2D eigenvalue weighted by molar-refractivity contribution is 6.34. The van der Waals surface area contributed by atoms with E-state index in [2.05, 4.69) is 22.3 Å². The van der Waals surface area contributed by atoms with Crippen molar-refractivity contribution >= 4 is 34.7 Å². The molecule has 7 nitrogen and oxygen atoms in total. The smallest absolute Gasteiger partial charge is 0.254 e. The lowest BCUT2D eigenvalue weighted by Gasteiger charge is -2.13. The van der Waals surface area contributed by atoms with E-state index in [1.807, 2.05) is 66.1 Å². The number of nitrogens with zero attached hydrogens (tertiary/aromatic N) is 4. The molecular formula is C30H30ClN5O2. The van der Waals surface area contributed by atoms with Crippen LogP contribution in [-0.2, 0) is 13.1 Å². The second-order valence-corrected chi connectivity index (χ2v) is 9.30. The first-order chi connectivity index (χ1) is 18.4. The molecule has 0 saturated heterocycles. The lowest BCUT2D eigenvalue weighted by molar-refractivity contribution is 0.0942. The molecule has 3 aromatic carbocycles. The predicted octanol–water partition coefficient (Wildman–Crippen LogP) is 6.33. The standard InChI is InChI=1S/C24H24ClN5O2.C6H6/c1-4-5-22-20(12-31)19-10-15(2)6-9-23(19)29(22)13-27-24(32)18-8-7-17(11-21(18)25)30-14-26-16(3)28-30;1-2-4-6-5-3-1/h6-12,14H,4-5,13H2,1-3H3,(H,27,32);1-6H. The average Bonchev–Trinajstić information content (AvgIpc) is 3.49. The zero-order valence-electron chi connectivity index (χ0n) is 21.7. The second-order valence-electron chi connectivity index (χ2n) is 8.90. The third-order valence-corrected chi connectivity index (χ3v) is 6.42. The Morgan fingerprint density at radius 2 is 1.74 bits per heavy atom. The van der Waals surface area contributed by atoms with Gasteiger partial charge in [0.2, 0.25) is 0 Å². The van der Waals surface area contributed by atoms with E-state index in [1.54, 1.807) is 36.1 Å². The summed E-state index contributed by atoms with van der Waals surface area (Å²) < 4.78 is 3.61. The maximum atomic E-state index is 12.9. The van der Waals surface area contributed by atoms with Crippen LogP contribution in [0.3, 0.4) is 0 Å². The van der Waals surface area contributed by atoms with Gasteiger partial charge in [-0.25, -0.2) is 9.67 Å². The molecular weight excluding hydrogens is 498 g/mol. The highest BCUT2D eigenvalue weighted by Crippen LogP contribution is 2.27. The number of benzene rings is 3. The predicted molar refractivity (Wildman–Crippen MR) is 151 cm³/mol. The fourth-order valence-corrected chi connectivity index (χ4v) is 4.56. The number of nitrogens with one attached hydrogen (secondary N) is 1. The summed E-state index contributed by atoms with van der Waals surface area (Å²) in [5.41, 5.74) is 4.70. The molecule has 1 amide bonds. The second kappa shape index (κ2) is 12.3. The molecule has 0 spiro atoms. The minimum Gasteiger partial charge on any atom is -0.334 e. The van der Waals surface area contributed by atoms with Gasteiger partial charge < -0.3 is 9.88 Å². The Hall–Kier alpha value is -4.23. The molecule has 0 aliphatic heterocycles. The maximum Gasteiger partial charge on any atom is 0.254 e. The van der Waals surface area contributed by atoms with Gasteiger partial charge in [-0.05, 0) is 50.6 Å². The highest BCUT2D eigenvalue weighted by atomic mass is 35.5. The third-order valence-electron chi connectivity index (χ3n) is 6.11. The van der Waals surface area contributed by atoms with E-state index < -0.39 is 0 Å². The van der Waals surface area contributed by atoms with Crippen LogP contribution in [0.2, 0.25) is 5.02 Å². The van der Waals surface area contributed by atoms with Crippen LogP contribution in [0.5, 0.6) is 0 Å². The number of carbonyl (C=O) groups excluding carboxylic acids is 2. The molecule has 0 unspecified atom stereocenters. The van der Waals surface area contributed by atoms with Crippen molar-refractivity contribution in [2.75, 3.05) is 0 Å². The zero-order chi connectivity index (χ0) is 27.1. The van der Waals surface area contributed by atoms with Crippen LogP contribution in [0.4, 0.5) is 0 Å². The van der Waals surface area contributed by atoms with Crippen LogP contribution in [0.15, 0.2) is 79.1 Å². The van der Waals surface area contributed by atoms with Crippen molar-refractivity contribution in [2.45, 2.75) is 40.3 Å². The summed E-state index contributed by atoms with van der Waals surface area (Å²) in [6.45, 7) is 6.11. The van der Waals surface area contributed by atoms with Crippen molar-refractivity contribution in [3.05, 3.63) is 112 Å². The molecule has 8 heteroatoms. The molecule has 0 radical (unpaired) electrons. The Morgan fingerprint density at radius 1 is 1.03 bits per heavy atom. The number of aldehydes is 1. The Labute approximate surface area is 227 Å². The summed E-state index contributed by atoms with van der Waals surface area (Å²) in [6, 6.07) is 23.1. The van der Waals surface area contributed by atoms with E-state index >= 15 is 0 Å². The van der Waals surface area contributed by atoms with E-state index in [0.29, 0.717) is 22.0 Å². The van der Waals surface area contributed by atoms with Gasteiger partial charge in [0.1, 0.15) is 12.2 Å². The SMILES string of the molecule is CCCc1c(C=O)c2cc(C)ccc2n1CNC(=O)c1ccc(-n2cnc(C)n2)cc1Cl.c1ccccc1. The van der Waals surface area contributed by atoms with Crippen molar-refractivity contribution in [3.8, 4) is 5.69 Å². The number of rotatable bonds is 7. The number of carbonyl (C=O) groups is 2. The molecule has 1 N–H and O–H groups in total. The fourth-order valence-electron chi connectivity index (χ4n) is 4.30. The van der Waals surface area contributed by atoms with Crippen LogP contribution < -0.4 is 5.32 Å². The number of fused-ring (bicyclic) bond motifs is 1. The molecule has 5 rings (SSSR count). The van der Waals surface area contributed by atoms with Crippen molar-refractivity contribution in [1.29, 1.82) is 0 Å². The normalized spacial score (nSPS) is 10.6. The van der Waals surface area contributed by atoms with E-state index in [4.69, 9.17) is 11.6 Å². The Kier molecular flexibility index (Phi) is 8.71. The number of aryl methyl sites for hydroxylation is 2. The van der Waals surface area contributed by atoms with Gasteiger partial charge in [0.05, 0.1) is 28.5 Å². The zero-order valence-corrected chi connectivity index (χ0v) is 22.4.